The number of aliphatic carboxylic acids is 1. The number of aliphatic hydroxyl groups excluding tert-OH is 6. The van der Waals surface area contributed by atoms with E-state index >= 15 is 0 Å². The molecular formula is C83H99ClFN14O20S+. The molecule has 2 bridgehead atoms. The Morgan fingerprint density at radius 3 is 2.32 bits per heavy atom. The number of piperazine rings is 1. The number of aromatic nitrogens is 7. The summed E-state index contributed by atoms with van der Waals surface area (Å²) in [5.74, 6) is -2.21. The molecule has 34 nitrogen and oxygen atoms in total. The summed E-state index contributed by atoms with van der Waals surface area (Å²) in [4.78, 5) is 74.2. The number of carbonyl (C=O) groups is 4. The van der Waals surface area contributed by atoms with Gasteiger partial charge in [0.15, 0.2) is 18.3 Å². The average Bonchev–Trinajstić information content (AvgIpc) is 1.52. The zero-order valence-electron chi connectivity index (χ0n) is 66.8. The number of primary amides is 1. The maximum Gasteiger partial charge on any atom is 0.345 e. The van der Waals surface area contributed by atoms with Gasteiger partial charge in [-0.3, -0.25) is 14.5 Å². The van der Waals surface area contributed by atoms with Crippen LogP contribution in [0.4, 0.5) is 14.9 Å². The van der Waals surface area contributed by atoms with Gasteiger partial charge in [0.2, 0.25) is 23.8 Å². The van der Waals surface area contributed by atoms with Crippen molar-refractivity contribution in [1.82, 2.24) is 50.5 Å². The van der Waals surface area contributed by atoms with Gasteiger partial charge in [-0.15, -0.1) is 16.4 Å². The molecule has 7 heterocycles. The number of rotatable bonds is 36. The third kappa shape index (κ3) is 18.8. The third-order valence-electron chi connectivity index (χ3n) is 22.8. The predicted octanol–water partition coefficient (Wildman–Crippen LogP) is 4.94. The SMILES string of the molecule is COc1ccccc1-c1nccc(COc2ccccc2C[C@@H](Oc2ncnc3sc(-c4ccc(F)cc4)c(-c4ccc(OCCN5CC[N+](C)(Cc6ccc(NC(=O)[C@H](CCCNC(N)=O)NC(=O)[C@@H](N)C(C)C)cc6COCc6cn([C@@H]7OC(CO)[C@@H](O[C@@H]8OC9(CO)C(C)C8(O)C(O)[C@H]9O)C(O)C7O)nn6)CC5)c(Cl)c4C)c23)C(=O)O)n1. The second kappa shape index (κ2) is 37.9. The Morgan fingerprint density at radius 1 is 0.850 bits per heavy atom. The maximum absolute atomic E-state index is 14.6. The van der Waals surface area contributed by atoms with Crippen molar-refractivity contribution >= 4 is 62.7 Å². The van der Waals surface area contributed by atoms with Gasteiger partial charge in [0, 0.05) is 66.4 Å². The molecule has 120 heavy (non-hydrogen) atoms. The van der Waals surface area contributed by atoms with Crippen LogP contribution in [0.5, 0.6) is 23.1 Å². The van der Waals surface area contributed by atoms with Crippen LogP contribution < -0.4 is 46.4 Å². The van der Waals surface area contributed by atoms with Gasteiger partial charge in [0.1, 0.15) is 114 Å². The van der Waals surface area contributed by atoms with Crippen LogP contribution in [-0.2, 0) is 66.1 Å². The first-order chi connectivity index (χ1) is 57.5. The summed E-state index contributed by atoms with van der Waals surface area (Å²) in [5.41, 5.74) is 13.9. The monoisotopic (exact) mass is 1700 g/mol. The van der Waals surface area contributed by atoms with Crippen LogP contribution in [0.1, 0.15) is 73.5 Å². The smallest absolute Gasteiger partial charge is 0.345 e. The highest BCUT2D eigenvalue weighted by Gasteiger charge is 2.77. The second-order valence-electron chi connectivity index (χ2n) is 31.1. The van der Waals surface area contributed by atoms with Gasteiger partial charge in [-0.05, 0) is 108 Å². The zero-order chi connectivity index (χ0) is 85.5. The van der Waals surface area contributed by atoms with Crippen LogP contribution in [0.2, 0.25) is 5.02 Å². The molecule has 3 saturated heterocycles. The van der Waals surface area contributed by atoms with E-state index in [0.29, 0.717) is 137 Å². The lowest BCUT2D eigenvalue weighted by molar-refractivity contribution is -0.926. The van der Waals surface area contributed by atoms with Gasteiger partial charge in [-0.2, -0.15) is 0 Å². The van der Waals surface area contributed by atoms with E-state index in [0.717, 1.165) is 10.2 Å². The zero-order valence-corrected chi connectivity index (χ0v) is 68.3. The minimum atomic E-state index is -2.26. The number of hydrogen-bond acceptors (Lipinski definition) is 28. The van der Waals surface area contributed by atoms with Crippen molar-refractivity contribution in [2.75, 3.05) is 78.6 Å². The summed E-state index contributed by atoms with van der Waals surface area (Å²) in [7, 11) is 3.72. The topological polar surface area (TPSA) is 478 Å². The summed E-state index contributed by atoms with van der Waals surface area (Å²) in [6, 6.07) is 28.6. The Hall–Kier alpha value is -10.1. The number of quaternary nitrogens is 1. The number of carbonyl (C=O) groups excluding carboxylic acids is 3. The second-order valence-corrected chi connectivity index (χ2v) is 32.4. The summed E-state index contributed by atoms with van der Waals surface area (Å²) >= 11 is 8.62. The lowest BCUT2D eigenvalue weighted by atomic mass is 9.87. The summed E-state index contributed by atoms with van der Waals surface area (Å²) < 4.78 is 65.3. The van der Waals surface area contributed by atoms with E-state index in [9.17, 15) is 64.4 Å². The van der Waals surface area contributed by atoms with Crippen molar-refractivity contribution in [1.29, 1.82) is 0 Å². The molecule has 15 N–H and O–H groups in total. The van der Waals surface area contributed by atoms with Crippen LogP contribution in [-0.4, -0.2) is 255 Å². The summed E-state index contributed by atoms with van der Waals surface area (Å²) in [6.45, 7) is 9.35. The Morgan fingerprint density at radius 2 is 1.60 bits per heavy atom. The maximum atomic E-state index is 14.6. The Bertz CT molecular complexity index is 5130. The van der Waals surface area contributed by atoms with Gasteiger partial charge in [0.05, 0.1) is 87.6 Å². The molecule has 1 aliphatic carbocycles. The van der Waals surface area contributed by atoms with Gasteiger partial charge >= 0.3 is 12.0 Å². The highest BCUT2D eigenvalue weighted by molar-refractivity contribution is 7.22. The lowest BCUT2D eigenvalue weighted by Crippen LogP contribution is -2.64. The van der Waals surface area contributed by atoms with Crippen molar-refractivity contribution in [2.24, 2.45) is 23.3 Å². The number of urea groups is 1. The van der Waals surface area contributed by atoms with Gasteiger partial charge in [-0.1, -0.05) is 92.2 Å². The standard InChI is InChI=1S/C83H98ClFN14O20S/c1-44(2)66(86)75(107)94-57(14-11-26-89-81(87)110)74(106)93-52-22-19-49(50(34-52)39-113-40-54-36-98(96-95-54)78-68(103)67(102)69(62(38-100)117-78)118-80-83(111)46(4)82(42-101,119-80)71(104)72(83)105)37-99(5)31-28-97(29-32-99)30-33-114-60-24-23-55(45(3)65(60)84)63-64-76(90-43-91-77(64)120-70(63)47-17-20-51(85)21-18-47)116-61(79(108)109)35-48-12-7-9-15-58(48)115-41-53-25-27-88-73(92-53)56-13-8-10-16-59(56)112-6/h7-10,12-13,15-25,27,34,36,43-44,46,57,61-62,66-69,71-72,78,80,100-105,111H,11,14,26,28-33,35,37-42,86H2,1-6H3,(H5-,87,89,93,94,106,107,108,109,110)/p+1/t46?,57-,61+,62?,66-,67?,68?,69+,71+,72?,78+,80+,82?,83?/m0/s1. The van der Waals surface area contributed by atoms with E-state index in [4.69, 9.17) is 65.9 Å². The molecule has 4 aromatic heterocycles. The molecule has 640 valence electrons. The van der Waals surface area contributed by atoms with Gasteiger partial charge in [0.25, 0.3) is 0 Å². The van der Waals surface area contributed by atoms with E-state index < -0.39 is 127 Å². The fraction of sp³-hybridized carbons (Fsp3) is 0.446. The number of ether oxygens (including phenoxy) is 8. The first-order valence-electron chi connectivity index (χ1n) is 39.3. The number of thiophene rings is 1. The number of likely N-dealkylation sites (N-methyl/N-ethyl adjacent to an activating group) is 1. The third-order valence-corrected chi connectivity index (χ3v) is 24.5. The van der Waals surface area contributed by atoms with Crippen LogP contribution >= 0.6 is 22.9 Å². The van der Waals surface area contributed by atoms with Crippen LogP contribution in [0.25, 0.3) is 43.2 Å². The molecule has 13 rings (SSSR count). The lowest BCUT2D eigenvalue weighted by Gasteiger charge is -2.45. The summed E-state index contributed by atoms with van der Waals surface area (Å²) in [5, 5.41) is 105. The highest BCUT2D eigenvalue weighted by atomic mass is 35.5. The van der Waals surface area contributed by atoms with Crippen molar-refractivity contribution in [3.63, 3.8) is 0 Å². The number of para-hydroxylation sites is 2. The Labute approximate surface area is 698 Å². The molecule has 4 amide bonds. The number of benzene rings is 5. The molecular weight excluding hydrogens is 1600 g/mol. The number of amides is 4. The van der Waals surface area contributed by atoms with Crippen molar-refractivity contribution < 1.29 is 107 Å². The molecule has 5 aromatic carbocycles. The molecule has 7 unspecified atom stereocenters. The Balaban J connectivity index is 0.678. The van der Waals surface area contributed by atoms with E-state index in [2.05, 4.69) is 53.2 Å². The molecule has 4 aliphatic rings. The van der Waals surface area contributed by atoms with Crippen molar-refractivity contribution in [3.05, 3.63) is 172 Å². The van der Waals surface area contributed by atoms with E-state index in [1.807, 2.05) is 43.3 Å². The van der Waals surface area contributed by atoms with Crippen LogP contribution in [0.15, 0.2) is 128 Å². The number of nitrogens with zero attached hydrogens (tertiary/aromatic N) is 9. The number of carboxylic acids is 1. The molecule has 9 aromatic rings. The molecule has 37 heteroatoms. The fourth-order valence-electron chi connectivity index (χ4n) is 15.7. The molecule has 14 atom stereocenters. The number of nitrogens with two attached hydrogens (primary N) is 2. The average molecular weight is 1700 g/mol. The van der Waals surface area contributed by atoms with Gasteiger partial charge in [-0.25, -0.2) is 38.6 Å². The number of carboxylic acid groups (broad SMARTS) is 1. The number of anilines is 1. The van der Waals surface area contributed by atoms with Crippen molar-refractivity contribution in [2.45, 2.75) is 152 Å². The fourth-order valence-corrected chi connectivity index (χ4v) is 17.0. The van der Waals surface area contributed by atoms with Crippen molar-refractivity contribution in [3.8, 4) is 56.1 Å². The van der Waals surface area contributed by atoms with Crippen LogP contribution in [0.3, 0.4) is 0 Å². The van der Waals surface area contributed by atoms with E-state index in [1.54, 1.807) is 87.8 Å². The number of halogens is 2. The first-order valence-corrected chi connectivity index (χ1v) is 40.5. The molecule has 0 spiro atoms. The number of fused-ring (bicyclic) bond motifs is 3. The molecule has 1 saturated carbocycles. The van der Waals surface area contributed by atoms with Gasteiger partial charge < -0.3 is 111 Å². The van der Waals surface area contributed by atoms with E-state index in [-0.39, 0.29) is 69.7 Å². The largest absolute Gasteiger partial charge is 0.496 e. The quantitative estimate of drug-likeness (QED) is 0.0183. The first kappa shape index (κ1) is 87.7. The number of nitrogens with one attached hydrogen (secondary N) is 3. The summed E-state index contributed by atoms with van der Waals surface area (Å²) in [6.07, 6.45) is -10.1. The highest BCUT2D eigenvalue weighted by Crippen LogP contribution is 2.56. The number of methoxy groups -OCH3 is 1. The number of hydrogen-bond donors (Lipinski definition) is 13. The normalized spacial score (nSPS) is 23.5. The minimum Gasteiger partial charge on any atom is -0.496 e. The predicted molar refractivity (Wildman–Crippen MR) is 434 cm³/mol. The van der Waals surface area contributed by atoms with E-state index in [1.165, 1.54) is 42.9 Å². The molecule has 3 aliphatic heterocycles. The molecule has 0 radical (unpaired) electrons. The van der Waals surface area contributed by atoms with Crippen LogP contribution in [0, 0.1) is 24.6 Å². The number of aliphatic hydroxyl groups is 7. The minimum absolute atomic E-state index is 0.00650. The molecule has 4 fully saturated rings. The Kier molecular flexibility index (Phi) is 27.7.